The van der Waals surface area contributed by atoms with E-state index in [1.165, 1.54) is 13.3 Å². The molecule has 140 valence electrons. The SMILES string of the molecule is COc1cc(C#N)c(C2=CC=CCC2)c2nc(NC(=O)c3cnn(C)c3)[nH]c12. The highest BCUT2D eigenvalue weighted by Gasteiger charge is 2.21. The van der Waals surface area contributed by atoms with Gasteiger partial charge in [-0.2, -0.15) is 10.4 Å². The Bertz CT molecular complexity index is 1180. The fourth-order valence-electron chi connectivity index (χ4n) is 3.30. The van der Waals surface area contributed by atoms with Crippen molar-refractivity contribution < 1.29 is 9.53 Å². The van der Waals surface area contributed by atoms with E-state index in [4.69, 9.17) is 4.74 Å². The van der Waals surface area contributed by atoms with Crippen LogP contribution in [-0.4, -0.2) is 32.8 Å². The van der Waals surface area contributed by atoms with E-state index in [0.29, 0.717) is 27.9 Å². The van der Waals surface area contributed by atoms with Crippen LogP contribution in [0.5, 0.6) is 5.75 Å². The normalized spacial score (nSPS) is 13.2. The van der Waals surface area contributed by atoms with Crippen LogP contribution >= 0.6 is 0 Å². The molecule has 1 amide bonds. The molecular weight excluding hydrogens is 356 g/mol. The van der Waals surface area contributed by atoms with Gasteiger partial charge in [0.15, 0.2) is 0 Å². The number of nitrogens with zero attached hydrogens (tertiary/aromatic N) is 4. The minimum atomic E-state index is -0.326. The van der Waals surface area contributed by atoms with Crippen LogP contribution in [0.2, 0.25) is 0 Å². The number of methoxy groups -OCH3 is 1. The molecule has 1 aromatic carbocycles. The Morgan fingerprint density at radius 3 is 2.96 bits per heavy atom. The van der Waals surface area contributed by atoms with Crippen LogP contribution in [-0.2, 0) is 7.05 Å². The van der Waals surface area contributed by atoms with Gasteiger partial charge in [0.05, 0.1) is 30.5 Å². The number of hydrogen-bond acceptors (Lipinski definition) is 5. The van der Waals surface area contributed by atoms with Crippen LogP contribution in [0.4, 0.5) is 5.95 Å². The van der Waals surface area contributed by atoms with Crippen LogP contribution in [0.3, 0.4) is 0 Å². The van der Waals surface area contributed by atoms with Gasteiger partial charge in [0.2, 0.25) is 5.95 Å². The van der Waals surface area contributed by atoms with E-state index in [9.17, 15) is 10.1 Å². The molecule has 0 aliphatic heterocycles. The second-order valence-corrected chi connectivity index (χ2v) is 6.44. The lowest BCUT2D eigenvalue weighted by Crippen LogP contribution is -2.12. The van der Waals surface area contributed by atoms with Gasteiger partial charge in [0.1, 0.15) is 16.8 Å². The lowest BCUT2D eigenvalue weighted by Gasteiger charge is -2.13. The lowest BCUT2D eigenvalue weighted by molar-refractivity contribution is 0.102. The third-order valence-corrected chi connectivity index (χ3v) is 4.61. The maximum absolute atomic E-state index is 12.4. The average molecular weight is 374 g/mol. The standard InChI is InChI=1S/C20H18N6O2/c1-26-11-14(10-22-26)19(27)25-20-23-17-15(28-2)8-13(9-21)16(18(17)24-20)12-6-4-3-5-7-12/h3-4,6,8,10-11H,5,7H2,1-2H3,(H2,23,24,25,27). The van der Waals surface area contributed by atoms with Gasteiger partial charge in [-0.15, -0.1) is 0 Å². The summed E-state index contributed by atoms with van der Waals surface area (Å²) in [6, 6.07) is 3.94. The van der Waals surface area contributed by atoms with Crippen molar-refractivity contribution in [2.75, 3.05) is 12.4 Å². The number of nitrogens with one attached hydrogen (secondary N) is 2. The molecule has 0 saturated heterocycles. The van der Waals surface area contributed by atoms with Crippen molar-refractivity contribution in [2.45, 2.75) is 12.8 Å². The molecule has 28 heavy (non-hydrogen) atoms. The number of fused-ring (bicyclic) bond motifs is 1. The quantitative estimate of drug-likeness (QED) is 0.729. The number of hydrogen-bond donors (Lipinski definition) is 2. The Balaban J connectivity index is 1.83. The molecule has 0 fully saturated rings. The Morgan fingerprint density at radius 1 is 1.46 bits per heavy atom. The number of nitriles is 1. The topological polar surface area (TPSA) is 109 Å². The number of benzene rings is 1. The summed E-state index contributed by atoms with van der Waals surface area (Å²) in [7, 11) is 3.28. The number of H-pyrrole nitrogens is 1. The van der Waals surface area contributed by atoms with E-state index in [0.717, 1.165) is 24.0 Å². The van der Waals surface area contributed by atoms with Gasteiger partial charge in [-0.1, -0.05) is 18.2 Å². The molecule has 2 heterocycles. The molecule has 0 saturated carbocycles. The molecular formula is C20H18N6O2. The fourth-order valence-corrected chi connectivity index (χ4v) is 3.30. The molecule has 8 heteroatoms. The highest BCUT2D eigenvalue weighted by molar-refractivity contribution is 6.04. The largest absolute Gasteiger partial charge is 0.494 e. The van der Waals surface area contributed by atoms with Crippen LogP contribution in [0, 0.1) is 11.3 Å². The number of ether oxygens (including phenoxy) is 1. The minimum absolute atomic E-state index is 0.283. The Hall–Kier alpha value is -3.86. The van der Waals surface area contributed by atoms with E-state index >= 15 is 0 Å². The minimum Gasteiger partial charge on any atom is -0.494 e. The predicted octanol–water partition coefficient (Wildman–Crippen LogP) is 3.16. The van der Waals surface area contributed by atoms with E-state index in [2.05, 4.69) is 32.5 Å². The molecule has 1 aliphatic rings. The summed E-state index contributed by atoms with van der Waals surface area (Å²) in [4.78, 5) is 20.1. The third-order valence-electron chi connectivity index (χ3n) is 4.61. The van der Waals surface area contributed by atoms with Gasteiger partial charge >= 0.3 is 0 Å². The number of carbonyl (C=O) groups is 1. The molecule has 1 aliphatic carbocycles. The first-order valence-electron chi connectivity index (χ1n) is 8.77. The summed E-state index contributed by atoms with van der Waals surface area (Å²) in [6.45, 7) is 0. The van der Waals surface area contributed by atoms with Crippen molar-refractivity contribution in [3.8, 4) is 11.8 Å². The van der Waals surface area contributed by atoms with E-state index in [1.54, 1.807) is 24.0 Å². The van der Waals surface area contributed by atoms with Crippen LogP contribution in [0.1, 0.15) is 34.3 Å². The summed E-state index contributed by atoms with van der Waals surface area (Å²) < 4.78 is 6.99. The maximum Gasteiger partial charge on any atom is 0.261 e. The Morgan fingerprint density at radius 2 is 2.32 bits per heavy atom. The predicted molar refractivity (Wildman–Crippen MR) is 105 cm³/mol. The number of anilines is 1. The Kier molecular flexibility index (Phi) is 4.41. The molecule has 0 atom stereocenters. The molecule has 0 unspecified atom stereocenters. The summed E-state index contributed by atoms with van der Waals surface area (Å²) in [6.07, 6.45) is 10.9. The van der Waals surface area contributed by atoms with Crippen molar-refractivity contribution in [1.29, 1.82) is 5.26 Å². The maximum atomic E-state index is 12.4. The van der Waals surface area contributed by atoms with Crippen LogP contribution in [0.15, 0.2) is 36.7 Å². The zero-order valence-electron chi connectivity index (χ0n) is 15.5. The number of rotatable bonds is 4. The average Bonchev–Trinajstić information content (AvgIpc) is 3.33. The molecule has 0 radical (unpaired) electrons. The summed E-state index contributed by atoms with van der Waals surface area (Å²) in [5, 5.41) is 16.4. The zero-order chi connectivity index (χ0) is 19.7. The van der Waals surface area contributed by atoms with E-state index in [-0.39, 0.29) is 11.9 Å². The van der Waals surface area contributed by atoms with Gasteiger partial charge in [0, 0.05) is 24.9 Å². The van der Waals surface area contributed by atoms with Gasteiger partial charge in [0.25, 0.3) is 5.91 Å². The molecule has 0 bridgehead atoms. The number of carbonyl (C=O) groups excluding carboxylic acids is 1. The third kappa shape index (κ3) is 3.03. The number of aryl methyl sites for hydroxylation is 1. The highest BCUT2D eigenvalue weighted by atomic mass is 16.5. The second-order valence-electron chi connectivity index (χ2n) is 6.44. The van der Waals surface area contributed by atoms with Crippen molar-refractivity contribution in [1.82, 2.24) is 19.7 Å². The molecule has 4 rings (SSSR count). The molecule has 3 aromatic rings. The van der Waals surface area contributed by atoms with Crippen molar-refractivity contribution in [3.63, 3.8) is 0 Å². The zero-order valence-corrected chi connectivity index (χ0v) is 15.5. The number of imidazole rings is 1. The van der Waals surface area contributed by atoms with Gasteiger partial charge in [-0.05, 0) is 18.4 Å². The van der Waals surface area contributed by atoms with Crippen molar-refractivity contribution >= 4 is 28.5 Å². The first-order chi connectivity index (χ1) is 13.6. The molecule has 2 N–H and O–H groups in total. The highest BCUT2D eigenvalue weighted by Crippen LogP contribution is 2.37. The lowest BCUT2D eigenvalue weighted by atomic mass is 9.92. The van der Waals surface area contributed by atoms with Crippen molar-refractivity contribution in [3.05, 3.63) is 53.4 Å². The van der Waals surface area contributed by atoms with Crippen LogP contribution in [0.25, 0.3) is 16.6 Å². The monoisotopic (exact) mass is 374 g/mol. The number of aromatic nitrogens is 4. The molecule has 0 spiro atoms. The first kappa shape index (κ1) is 17.5. The summed E-state index contributed by atoms with van der Waals surface area (Å²) in [5.74, 6) is 0.454. The number of amides is 1. The summed E-state index contributed by atoms with van der Waals surface area (Å²) >= 11 is 0. The molecule has 8 nitrogen and oxygen atoms in total. The van der Waals surface area contributed by atoms with E-state index < -0.39 is 0 Å². The van der Waals surface area contributed by atoms with Gasteiger partial charge < -0.3 is 9.72 Å². The first-order valence-corrected chi connectivity index (χ1v) is 8.77. The van der Waals surface area contributed by atoms with Gasteiger partial charge in [-0.25, -0.2) is 4.98 Å². The summed E-state index contributed by atoms with van der Waals surface area (Å²) in [5.41, 5.74) is 3.94. The number of aromatic amines is 1. The molecule has 2 aromatic heterocycles. The fraction of sp³-hybridized carbons (Fsp3) is 0.200. The Labute approximate surface area is 161 Å². The van der Waals surface area contributed by atoms with Crippen LogP contribution < -0.4 is 10.1 Å². The van der Waals surface area contributed by atoms with E-state index in [1.807, 2.05) is 12.2 Å². The van der Waals surface area contributed by atoms with Crippen molar-refractivity contribution in [2.24, 2.45) is 7.05 Å². The van der Waals surface area contributed by atoms with Gasteiger partial charge in [-0.3, -0.25) is 14.8 Å². The smallest absolute Gasteiger partial charge is 0.261 e. The second kappa shape index (κ2) is 7.04. The number of allylic oxidation sites excluding steroid dienone is 4.